The van der Waals surface area contributed by atoms with E-state index in [2.05, 4.69) is 108 Å². The fourth-order valence-corrected chi connectivity index (χ4v) is 5.89. The first-order chi connectivity index (χ1) is 33.2. The average molecular weight is 1000 g/mol. The molecule has 0 saturated carbocycles. The van der Waals surface area contributed by atoms with Crippen molar-refractivity contribution in [1.82, 2.24) is 45.3 Å². The summed E-state index contributed by atoms with van der Waals surface area (Å²) in [7, 11) is 18.2. The molecule has 0 spiro atoms. The lowest BCUT2D eigenvalue weighted by Crippen LogP contribution is -2.39. The Morgan fingerprint density at radius 1 is 0.435 bits per heavy atom. The number of rotatable bonds is 23. The number of nitrogens with two attached hydrogens (primary N) is 7. The quantitative estimate of drug-likeness (QED) is 0.0662. The van der Waals surface area contributed by atoms with E-state index < -0.39 is 0 Å². The minimum Gasteiger partial charge on any atom is -0.379 e. The number of hydrogen-bond donors (Lipinski definition) is 10. The molecule has 0 amide bonds. The van der Waals surface area contributed by atoms with Gasteiger partial charge in [-0.3, -0.25) is 4.90 Å². The molecule has 0 aromatic carbocycles. The molecule has 0 aliphatic carbocycles. The highest BCUT2D eigenvalue weighted by Crippen LogP contribution is 2.14. The predicted octanol–water partition coefficient (Wildman–Crippen LogP) is 2.67. The fourth-order valence-electron chi connectivity index (χ4n) is 5.89. The van der Waals surface area contributed by atoms with Crippen molar-refractivity contribution < 1.29 is 4.74 Å². The highest BCUT2D eigenvalue weighted by Gasteiger charge is 2.14. The Hall–Kier alpha value is -0.680. The summed E-state index contributed by atoms with van der Waals surface area (Å²) in [5.74, 6) is 0.939. The van der Waals surface area contributed by atoms with Crippen LogP contribution in [0.25, 0.3) is 0 Å². The highest BCUT2D eigenvalue weighted by atomic mass is 16.5. The van der Waals surface area contributed by atoms with Crippen molar-refractivity contribution in [3.8, 4) is 0 Å². The van der Waals surface area contributed by atoms with Crippen molar-refractivity contribution in [1.29, 1.82) is 0 Å². The van der Waals surface area contributed by atoms with Crippen LogP contribution in [0, 0.1) is 5.92 Å². The van der Waals surface area contributed by atoms with Crippen LogP contribution in [0.4, 0.5) is 0 Å². The van der Waals surface area contributed by atoms with Crippen LogP contribution in [-0.2, 0) is 4.74 Å². The summed E-state index contributed by atoms with van der Waals surface area (Å²) in [5.41, 5.74) is 37.1. The number of likely N-dealkylation sites (tertiary alicyclic amines) is 2. The first kappa shape index (κ1) is 82.3. The Morgan fingerprint density at radius 2 is 0.841 bits per heavy atom. The highest BCUT2D eigenvalue weighted by molar-refractivity contribution is 4.69. The molecule has 0 aromatic rings. The van der Waals surface area contributed by atoms with Crippen molar-refractivity contribution in [3.05, 3.63) is 0 Å². The van der Waals surface area contributed by atoms with Crippen LogP contribution >= 0.6 is 0 Å². The van der Waals surface area contributed by atoms with Crippen LogP contribution in [0.3, 0.4) is 0 Å². The van der Waals surface area contributed by atoms with Crippen molar-refractivity contribution in [2.75, 3.05) is 221 Å². The monoisotopic (exact) mass is 999 g/mol. The Labute approximate surface area is 433 Å². The molecule has 0 atom stereocenters. The molecular formula is C52H134N16O. The summed E-state index contributed by atoms with van der Waals surface area (Å²) in [6, 6.07) is 0. The van der Waals surface area contributed by atoms with Crippen molar-refractivity contribution in [3.63, 3.8) is 0 Å². The second-order valence-corrected chi connectivity index (χ2v) is 18.5. The molecule has 0 aromatic heterocycles. The lowest BCUT2D eigenvalue weighted by atomic mass is 9.99. The standard InChI is InChI=1S/C8H18N2.C7H16N2.C6H14N2O.C6H16N2.C5H14N2.C5H13N.C4H12N2.2C4H11N.C3H9N/c1-8-2-5-10(6-3-8)7-4-9;8-4-7-9-5-2-1-3-6-9;7-1-2-8-3-5-9-6-4-8;1-8(2)6-4-3-5-7;1-7(2)5-3-4-6;1-3-4-5-6-2;1-6(2)4-3-5;1-3-4-5-2;1-2-3-4-5;1-3-4-2/h8H,2-7,9H2,1H3;1-8H2;1-7H2;3-7H2,1-2H3;3-6H2,1-2H3;6H,3-5H2,1-2H3;3-5H2,1-2H3;5H,3-4H2,1-2H3;2-5H2,1H3;4H,3H2,1-2H3. The second kappa shape index (κ2) is 78.7. The first-order valence-electron chi connectivity index (χ1n) is 27.7. The summed E-state index contributed by atoms with van der Waals surface area (Å²) < 4.78 is 5.16. The number of likely N-dealkylation sites (N-methyl/N-ethyl adjacent to an activating group) is 1. The van der Waals surface area contributed by atoms with E-state index >= 15 is 0 Å². The molecule has 3 heterocycles. The van der Waals surface area contributed by atoms with Gasteiger partial charge in [0.1, 0.15) is 0 Å². The van der Waals surface area contributed by atoms with E-state index in [4.69, 9.17) is 44.9 Å². The maximum Gasteiger partial charge on any atom is 0.0594 e. The minimum atomic E-state index is 0.757. The van der Waals surface area contributed by atoms with Crippen LogP contribution < -0.4 is 56.1 Å². The van der Waals surface area contributed by atoms with Gasteiger partial charge in [0.25, 0.3) is 0 Å². The second-order valence-electron chi connectivity index (χ2n) is 18.5. The van der Waals surface area contributed by atoms with E-state index in [0.717, 1.165) is 150 Å². The number of ether oxygens (including phenoxy) is 1. The van der Waals surface area contributed by atoms with Gasteiger partial charge in [-0.25, -0.2) is 0 Å². The normalized spacial score (nSPS) is 14.8. The van der Waals surface area contributed by atoms with Gasteiger partial charge >= 0.3 is 0 Å². The molecule has 3 saturated heterocycles. The zero-order chi connectivity index (χ0) is 54.0. The molecule has 17 N–H and O–H groups in total. The molecule has 3 aliphatic heterocycles. The van der Waals surface area contributed by atoms with Crippen LogP contribution in [0.1, 0.15) is 118 Å². The molecule has 69 heavy (non-hydrogen) atoms. The van der Waals surface area contributed by atoms with E-state index in [9.17, 15) is 0 Å². The maximum absolute atomic E-state index is 5.45. The zero-order valence-electron chi connectivity index (χ0n) is 49.4. The third-order valence-corrected chi connectivity index (χ3v) is 10.4. The summed E-state index contributed by atoms with van der Waals surface area (Å²) >= 11 is 0. The van der Waals surface area contributed by atoms with Crippen LogP contribution in [0.5, 0.6) is 0 Å². The summed E-state index contributed by atoms with van der Waals surface area (Å²) in [4.78, 5) is 13.6. The van der Waals surface area contributed by atoms with Gasteiger partial charge in [0.05, 0.1) is 13.2 Å². The van der Waals surface area contributed by atoms with Crippen molar-refractivity contribution in [2.24, 2.45) is 46.1 Å². The number of unbranched alkanes of at least 4 members (excludes halogenated alkanes) is 3. The van der Waals surface area contributed by atoms with E-state index in [0.29, 0.717) is 0 Å². The van der Waals surface area contributed by atoms with Gasteiger partial charge in [0.2, 0.25) is 0 Å². The van der Waals surface area contributed by atoms with Gasteiger partial charge in [-0.1, -0.05) is 53.9 Å². The first-order valence-corrected chi connectivity index (χ1v) is 27.7. The van der Waals surface area contributed by atoms with Gasteiger partial charge in [0.15, 0.2) is 0 Å². The topological polar surface area (TPSA) is 247 Å². The van der Waals surface area contributed by atoms with Gasteiger partial charge in [-0.2, -0.15) is 0 Å². The Kier molecular flexibility index (Phi) is 94.0. The summed E-state index contributed by atoms with van der Waals surface area (Å²) in [6.07, 6.45) is 16.6. The fraction of sp³-hybridized carbons (Fsp3) is 1.00. The lowest BCUT2D eigenvalue weighted by Gasteiger charge is -2.29. The zero-order valence-corrected chi connectivity index (χ0v) is 49.4. The Balaban J connectivity index is -0.000000125. The summed E-state index contributed by atoms with van der Waals surface area (Å²) in [5, 5.41) is 9.02. The third-order valence-electron chi connectivity index (χ3n) is 10.4. The molecular weight excluding hydrogens is 865 g/mol. The maximum atomic E-state index is 5.45. The van der Waals surface area contributed by atoms with E-state index in [1.165, 1.54) is 96.8 Å². The van der Waals surface area contributed by atoms with Gasteiger partial charge in [-0.05, 0) is 212 Å². The van der Waals surface area contributed by atoms with Gasteiger partial charge in [-0.15, -0.1) is 0 Å². The molecule has 0 radical (unpaired) electrons. The van der Waals surface area contributed by atoms with Crippen LogP contribution in [-0.4, -0.2) is 250 Å². The number of piperidine rings is 2. The van der Waals surface area contributed by atoms with Gasteiger partial charge in [0, 0.05) is 65.4 Å². The van der Waals surface area contributed by atoms with E-state index in [1.54, 1.807) is 0 Å². The molecule has 3 fully saturated rings. The number of nitrogens with zero attached hydrogens (tertiary/aromatic N) is 6. The smallest absolute Gasteiger partial charge is 0.0594 e. The van der Waals surface area contributed by atoms with E-state index in [1.807, 2.05) is 35.2 Å². The largest absolute Gasteiger partial charge is 0.379 e. The van der Waals surface area contributed by atoms with Crippen molar-refractivity contribution >= 4 is 0 Å². The molecule has 3 rings (SSSR count). The van der Waals surface area contributed by atoms with Crippen molar-refractivity contribution in [2.45, 2.75) is 118 Å². The van der Waals surface area contributed by atoms with Crippen LogP contribution in [0.15, 0.2) is 0 Å². The van der Waals surface area contributed by atoms with Crippen LogP contribution in [0.2, 0.25) is 0 Å². The van der Waals surface area contributed by atoms with E-state index in [-0.39, 0.29) is 0 Å². The SMILES string of the molecule is CC1CCN(CCN)CC1.CCCCN.CCCCNC.CCCNC.CCNC.CN(C)CCCCN.CN(C)CCCN.CN(C)CCN.NCCN1CCCCC1.NCCN1CCOCC1. The number of hydrogen-bond acceptors (Lipinski definition) is 17. The third kappa shape index (κ3) is 97.3. The Bertz CT molecular complexity index is 732. The minimum absolute atomic E-state index is 0.757. The number of nitrogens with one attached hydrogen (secondary N) is 3. The molecule has 17 nitrogen and oxygen atoms in total. The molecule has 0 unspecified atom stereocenters. The predicted molar refractivity (Wildman–Crippen MR) is 313 cm³/mol. The average Bonchev–Trinajstić information content (AvgIpc) is 3.34. The molecule has 428 valence electrons. The number of morpholine rings is 1. The molecule has 17 heteroatoms. The Morgan fingerprint density at radius 3 is 1.10 bits per heavy atom. The molecule has 3 aliphatic rings. The lowest BCUT2D eigenvalue weighted by molar-refractivity contribution is 0.0394. The molecule has 0 bridgehead atoms. The van der Waals surface area contributed by atoms with Gasteiger partial charge < -0.3 is 85.3 Å². The summed E-state index contributed by atoms with van der Waals surface area (Å²) in [6.45, 7) is 35.3.